The standard InChI is InChI=1S/C12H11N3O4S/c13-20(18,19)9-4-1-3-8(7-9)15-12(17)11-10(16)5-2-6-14-11/h1-7,16H,(H,15,17)(H2,13,18,19). The van der Waals surface area contributed by atoms with Crippen LogP contribution in [0.1, 0.15) is 10.5 Å². The zero-order valence-electron chi connectivity index (χ0n) is 10.1. The molecule has 0 aliphatic heterocycles. The van der Waals surface area contributed by atoms with Gasteiger partial charge in [-0.05, 0) is 30.3 Å². The molecule has 0 radical (unpaired) electrons. The largest absolute Gasteiger partial charge is 0.505 e. The fraction of sp³-hybridized carbons (Fsp3) is 0. The lowest BCUT2D eigenvalue weighted by Crippen LogP contribution is -2.15. The summed E-state index contributed by atoms with van der Waals surface area (Å²) in [5.41, 5.74) is 0.0695. The summed E-state index contributed by atoms with van der Waals surface area (Å²) < 4.78 is 22.4. The average Bonchev–Trinajstić information content (AvgIpc) is 2.38. The van der Waals surface area contributed by atoms with Gasteiger partial charge in [-0.1, -0.05) is 6.07 Å². The third-order valence-corrected chi connectivity index (χ3v) is 3.33. The molecule has 2 rings (SSSR count). The molecule has 0 bridgehead atoms. The van der Waals surface area contributed by atoms with Crippen molar-refractivity contribution in [2.45, 2.75) is 4.90 Å². The van der Waals surface area contributed by atoms with Crippen LogP contribution in [-0.4, -0.2) is 24.4 Å². The van der Waals surface area contributed by atoms with Gasteiger partial charge >= 0.3 is 0 Å². The fourth-order valence-corrected chi connectivity index (χ4v) is 2.07. The molecule has 0 saturated carbocycles. The Balaban J connectivity index is 2.27. The summed E-state index contributed by atoms with van der Waals surface area (Å²) in [7, 11) is -3.85. The maximum atomic E-state index is 11.9. The molecule has 1 aromatic carbocycles. The molecular formula is C12H11N3O4S. The lowest BCUT2D eigenvalue weighted by Gasteiger charge is -2.07. The maximum Gasteiger partial charge on any atom is 0.278 e. The van der Waals surface area contributed by atoms with Crippen LogP contribution >= 0.6 is 0 Å². The second kappa shape index (κ2) is 5.27. The Morgan fingerprint density at radius 3 is 2.65 bits per heavy atom. The van der Waals surface area contributed by atoms with Crippen molar-refractivity contribution in [3.8, 4) is 5.75 Å². The molecule has 2 aromatic rings. The van der Waals surface area contributed by atoms with Gasteiger partial charge in [-0.3, -0.25) is 4.79 Å². The number of aromatic nitrogens is 1. The van der Waals surface area contributed by atoms with Crippen molar-refractivity contribution in [1.29, 1.82) is 0 Å². The molecule has 0 fully saturated rings. The van der Waals surface area contributed by atoms with Gasteiger partial charge in [0.05, 0.1) is 4.90 Å². The number of benzene rings is 1. The van der Waals surface area contributed by atoms with E-state index < -0.39 is 15.9 Å². The Hall–Kier alpha value is -2.45. The molecule has 7 nitrogen and oxygen atoms in total. The molecule has 0 aliphatic rings. The summed E-state index contributed by atoms with van der Waals surface area (Å²) >= 11 is 0. The number of nitrogens with two attached hydrogens (primary N) is 1. The normalized spacial score (nSPS) is 11.1. The number of nitrogens with zero attached hydrogens (tertiary/aromatic N) is 1. The molecule has 1 heterocycles. The van der Waals surface area contributed by atoms with Crippen LogP contribution in [-0.2, 0) is 10.0 Å². The number of sulfonamides is 1. The summed E-state index contributed by atoms with van der Waals surface area (Å²) in [6.45, 7) is 0. The minimum atomic E-state index is -3.85. The molecule has 4 N–H and O–H groups in total. The Labute approximate surface area is 115 Å². The van der Waals surface area contributed by atoms with Gasteiger partial charge in [0, 0.05) is 11.9 Å². The first kappa shape index (κ1) is 14.0. The Morgan fingerprint density at radius 1 is 1.25 bits per heavy atom. The van der Waals surface area contributed by atoms with E-state index in [1.807, 2.05) is 0 Å². The third kappa shape index (κ3) is 3.11. The molecule has 0 unspecified atom stereocenters. The van der Waals surface area contributed by atoms with E-state index in [9.17, 15) is 18.3 Å². The monoisotopic (exact) mass is 293 g/mol. The van der Waals surface area contributed by atoms with E-state index in [0.717, 1.165) is 0 Å². The van der Waals surface area contributed by atoms with Gasteiger partial charge in [0.1, 0.15) is 5.75 Å². The highest BCUT2D eigenvalue weighted by atomic mass is 32.2. The van der Waals surface area contributed by atoms with Crippen molar-refractivity contribution in [1.82, 2.24) is 4.98 Å². The number of anilines is 1. The van der Waals surface area contributed by atoms with Crippen molar-refractivity contribution < 1.29 is 18.3 Å². The molecule has 8 heteroatoms. The first-order valence-electron chi connectivity index (χ1n) is 5.46. The summed E-state index contributed by atoms with van der Waals surface area (Å²) in [6, 6.07) is 8.26. The Morgan fingerprint density at radius 2 is 2.00 bits per heavy atom. The number of nitrogens with one attached hydrogen (secondary N) is 1. The molecule has 1 amide bonds. The summed E-state index contributed by atoms with van der Waals surface area (Å²) in [5, 5.41) is 16.9. The van der Waals surface area contributed by atoms with Crippen molar-refractivity contribution >= 4 is 21.6 Å². The number of aromatic hydroxyl groups is 1. The SMILES string of the molecule is NS(=O)(=O)c1cccc(NC(=O)c2ncccc2O)c1. The van der Waals surface area contributed by atoms with E-state index in [1.54, 1.807) is 0 Å². The van der Waals surface area contributed by atoms with Crippen LogP contribution in [0.25, 0.3) is 0 Å². The van der Waals surface area contributed by atoms with Crippen LogP contribution in [0.15, 0.2) is 47.5 Å². The van der Waals surface area contributed by atoms with Crippen LogP contribution in [0.3, 0.4) is 0 Å². The predicted octanol–water partition coefficient (Wildman–Crippen LogP) is 0.687. The van der Waals surface area contributed by atoms with Crippen molar-refractivity contribution in [2.75, 3.05) is 5.32 Å². The highest BCUT2D eigenvalue weighted by Gasteiger charge is 2.14. The third-order valence-electron chi connectivity index (χ3n) is 2.42. The number of amides is 1. The first-order valence-corrected chi connectivity index (χ1v) is 7.01. The molecule has 0 atom stereocenters. The number of pyridine rings is 1. The van der Waals surface area contributed by atoms with Gasteiger partial charge in [-0.25, -0.2) is 18.5 Å². The lowest BCUT2D eigenvalue weighted by molar-refractivity contribution is 0.101. The number of primary sulfonamides is 1. The molecule has 0 aliphatic carbocycles. The van der Waals surface area contributed by atoms with Gasteiger partial charge in [-0.15, -0.1) is 0 Å². The quantitative estimate of drug-likeness (QED) is 0.768. The van der Waals surface area contributed by atoms with E-state index in [-0.39, 0.29) is 22.0 Å². The van der Waals surface area contributed by atoms with Crippen molar-refractivity contribution in [3.05, 3.63) is 48.3 Å². The average molecular weight is 293 g/mol. The van der Waals surface area contributed by atoms with Gasteiger partial charge in [0.25, 0.3) is 5.91 Å². The second-order valence-electron chi connectivity index (χ2n) is 3.90. The number of carbonyl (C=O) groups is 1. The van der Waals surface area contributed by atoms with Crippen LogP contribution < -0.4 is 10.5 Å². The highest BCUT2D eigenvalue weighted by molar-refractivity contribution is 7.89. The van der Waals surface area contributed by atoms with Gasteiger partial charge in [-0.2, -0.15) is 0 Å². The summed E-state index contributed by atoms with van der Waals surface area (Å²) in [6.07, 6.45) is 1.36. The van der Waals surface area contributed by atoms with Crippen LogP contribution in [0.2, 0.25) is 0 Å². The van der Waals surface area contributed by atoms with E-state index in [4.69, 9.17) is 5.14 Å². The topological polar surface area (TPSA) is 122 Å². The molecule has 20 heavy (non-hydrogen) atoms. The van der Waals surface area contributed by atoms with Crippen molar-refractivity contribution in [2.24, 2.45) is 5.14 Å². The fourth-order valence-electron chi connectivity index (χ4n) is 1.51. The van der Waals surface area contributed by atoms with Crippen molar-refractivity contribution in [3.63, 3.8) is 0 Å². The molecular weight excluding hydrogens is 282 g/mol. The van der Waals surface area contributed by atoms with E-state index in [0.29, 0.717) is 0 Å². The first-order chi connectivity index (χ1) is 9.38. The van der Waals surface area contributed by atoms with Gasteiger partial charge in [0.2, 0.25) is 10.0 Å². The number of rotatable bonds is 3. The van der Waals surface area contributed by atoms with E-state index in [2.05, 4.69) is 10.3 Å². The van der Waals surface area contributed by atoms with Crippen LogP contribution in [0.4, 0.5) is 5.69 Å². The van der Waals surface area contributed by atoms with Crippen LogP contribution in [0, 0.1) is 0 Å². The summed E-state index contributed by atoms with van der Waals surface area (Å²) in [5.74, 6) is -0.928. The zero-order valence-corrected chi connectivity index (χ0v) is 11.0. The molecule has 104 valence electrons. The minimum Gasteiger partial charge on any atom is -0.505 e. The molecule has 1 aromatic heterocycles. The van der Waals surface area contributed by atoms with E-state index >= 15 is 0 Å². The smallest absolute Gasteiger partial charge is 0.278 e. The number of carbonyl (C=O) groups excluding carboxylic acids is 1. The zero-order chi connectivity index (χ0) is 14.8. The van der Waals surface area contributed by atoms with Gasteiger partial charge < -0.3 is 10.4 Å². The highest BCUT2D eigenvalue weighted by Crippen LogP contribution is 2.17. The Bertz CT molecular complexity index is 759. The number of hydrogen-bond donors (Lipinski definition) is 3. The van der Waals surface area contributed by atoms with Crippen LogP contribution in [0.5, 0.6) is 5.75 Å². The summed E-state index contributed by atoms with van der Waals surface area (Å²) in [4.78, 5) is 15.5. The lowest BCUT2D eigenvalue weighted by atomic mass is 10.2. The second-order valence-corrected chi connectivity index (χ2v) is 5.46. The predicted molar refractivity (Wildman–Crippen MR) is 71.7 cm³/mol. The maximum absolute atomic E-state index is 11.9. The molecule has 0 saturated heterocycles. The molecule has 0 spiro atoms. The number of hydrogen-bond acceptors (Lipinski definition) is 5. The van der Waals surface area contributed by atoms with E-state index in [1.165, 1.54) is 42.6 Å². The Kier molecular flexibility index (Phi) is 3.68. The van der Waals surface area contributed by atoms with Gasteiger partial charge in [0.15, 0.2) is 5.69 Å². The minimum absolute atomic E-state index is 0.124.